The van der Waals surface area contributed by atoms with Crippen LogP contribution in [0, 0.1) is 0 Å². The van der Waals surface area contributed by atoms with Gasteiger partial charge < -0.3 is 14.1 Å². The van der Waals surface area contributed by atoms with E-state index in [1.54, 1.807) is 0 Å². The maximum absolute atomic E-state index is 9.38. The molecule has 0 unspecified atom stereocenters. The van der Waals surface area contributed by atoms with Crippen LogP contribution in [-0.4, -0.2) is 12.7 Å². The second kappa shape index (κ2) is 7.24. The summed E-state index contributed by atoms with van der Waals surface area (Å²) in [6.07, 6.45) is 0. The summed E-state index contributed by atoms with van der Waals surface area (Å²) in [5.41, 5.74) is 8.83. The van der Waals surface area contributed by atoms with Gasteiger partial charge in [0.05, 0.1) is 0 Å². The molecule has 7 rings (SSSR count). The molecule has 1 heterocycles. The molecule has 0 spiro atoms. The fraction of sp³-hybridized carbons (Fsp3) is 0.0968. The zero-order valence-corrected chi connectivity index (χ0v) is 19.5. The molecule has 35 heavy (non-hydrogen) atoms. The molecular weight excluding hydrogens is 431 g/mol. The first kappa shape index (κ1) is 20.4. The topological polar surface area (TPSA) is 42.6 Å². The van der Waals surface area contributed by atoms with Crippen molar-refractivity contribution >= 4 is 40.4 Å². The number of hydrogen-bond acceptors (Lipinski definition) is 3. The minimum absolute atomic E-state index is 0.0715. The van der Waals surface area contributed by atoms with Gasteiger partial charge in [0.2, 0.25) is 0 Å². The summed E-state index contributed by atoms with van der Waals surface area (Å²) >= 11 is 0. The quantitative estimate of drug-likeness (QED) is 0.280. The van der Waals surface area contributed by atoms with E-state index in [0.29, 0.717) is 19.0 Å². The Labute approximate surface area is 203 Å². The van der Waals surface area contributed by atoms with Crippen molar-refractivity contribution in [3.8, 4) is 28.0 Å². The zero-order valence-electron chi connectivity index (χ0n) is 19.5. The lowest BCUT2D eigenvalue weighted by Crippen LogP contribution is -2.14. The summed E-state index contributed by atoms with van der Waals surface area (Å²) in [6, 6.07) is 31.8. The largest absolute Gasteiger partial charge is 0.569 e. The van der Waals surface area contributed by atoms with Gasteiger partial charge in [0.1, 0.15) is 11.3 Å². The monoisotopic (exact) mass is 453 g/mol. The van der Waals surface area contributed by atoms with Gasteiger partial charge in [0.25, 0.3) is 0 Å². The molecule has 1 N–H and O–H groups in total. The van der Waals surface area contributed by atoms with Crippen LogP contribution in [0.3, 0.4) is 0 Å². The maximum atomic E-state index is 9.38. The molecule has 0 bridgehead atoms. The first-order valence-corrected chi connectivity index (χ1v) is 11.8. The molecular formula is C31H22BO3. The third-order valence-electron chi connectivity index (χ3n) is 7.53. The molecule has 0 saturated carbocycles. The van der Waals surface area contributed by atoms with E-state index < -0.39 is 0 Å². The molecule has 1 aliphatic rings. The predicted molar refractivity (Wildman–Crippen MR) is 143 cm³/mol. The number of furan rings is 1. The van der Waals surface area contributed by atoms with Gasteiger partial charge in [-0.3, -0.25) is 0 Å². The van der Waals surface area contributed by atoms with Crippen LogP contribution in [0.2, 0.25) is 0 Å². The highest BCUT2D eigenvalue weighted by Crippen LogP contribution is 2.50. The summed E-state index contributed by atoms with van der Waals surface area (Å²) in [7, 11) is 0.706. The van der Waals surface area contributed by atoms with E-state index in [2.05, 4.69) is 80.6 Å². The van der Waals surface area contributed by atoms with Crippen LogP contribution in [-0.2, 0) is 5.41 Å². The van der Waals surface area contributed by atoms with Crippen molar-refractivity contribution in [1.29, 1.82) is 0 Å². The van der Waals surface area contributed by atoms with Gasteiger partial charge in [-0.05, 0) is 50.7 Å². The summed E-state index contributed by atoms with van der Waals surface area (Å²) in [6.45, 7) is 4.59. The lowest BCUT2D eigenvalue weighted by atomic mass is 9.81. The molecule has 6 aromatic rings. The molecule has 1 aliphatic carbocycles. The van der Waals surface area contributed by atoms with Crippen molar-refractivity contribution in [2.45, 2.75) is 19.3 Å². The van der Waals surface area contributed by atoms with Crippen LogP contribution in [0.1, 0.15) is 25.0 Å². The third-order valence-corrected chi connectivity index (χ3v) is 7.53. The van der Waals surface area contributed by atoms with Crippen molar-refractivity contribution in [2.75, 3.05) is 0 Å². The van der Waals surface area contributed by atoms with Gasteiger partial charge in [-0.2, -0.15) is 0 Å². The molecule has 1 radical (unpaired) electrons. The highest BCUT2D eigenvalue weighted by Gasteiger charge is 2.35. The summed E-state index contributed by atoms with van der Waals surface area (Å²) in [4.78, 5) is 0. The molecule has 3 nitrogen and oxygen atoms in total. The van der Waals surface area contributed by atoms with Crippen LogP contribution in [0.5, 0.6) is 5.75 Å². The second-order valence-corrected chi connectivity index (χ2v) is 9.74. The van der Waals surface area contributed by atoms with Crippen LogP contribution < -0.4 is 4.65 Å². The Morgan fingerprint density at radius 3 is 2.34 bits per heavy atom. The Morgan fingerprint density at radius 2 is 1.46 bits per heavy atom. The lowest BCUT2D eigenvalue weighted by molar-refractivity contribution is 0.451. The van der Waals surface area contributed by atoms with Crippen LogP contribution >= 0.6 is 0 Å². The minimum atomic E-state index is -0.0715. The Bertz CT molecular complexity index is 1790. The number of benzene rings is 5. The van der Waals surface area contributed by atoms with Crippen molar-refractivity contribution < 1.29 is 14.1 Å². The number of para-hydroxylation sites is 1. The van der Waals surface area contributed by atoms with Crippen molar-refractivity contribution in [2.24, 2.45) is 0 Å². The summed E-state index contributed by atoms with van der Waals surface area (Å²) < 4.78 is 12.0. The Kier molecular flexibility index (Phi) is 4.21. The zero-order chi connectivity index (χ0) is 23.7. The van der Waals surface area contributed by atoms with Gasteiger partial charge in [-0.1, -0.05) is 92.7 Å². The van der Waals surface area contributed by atoms with Gasteiger partial charge in [0.15, 0.2) is 5.58 Å². The average Bonchev–Trinajstić information content (AvgIpc) is 3.38. The van der Waals surface area contributed by atoms with Crippen LogP contribution in [0.15, 0.2) is 95.4 Å². The van der Waals surface area contributed by atoms with E-state index in [0.717, 1.165) is 38.3 Å². The van der Waals surface area contributed by atoms with Crippen molar-refractivity contribution in [3.63, 3.8) is 0 Å². The molecule has 0 aliphatic heterocycles. The molecule has 0 atom stereocenters. The highest BCUT2D eigenvalue weighted by atomic mass is 16.5. The number of rotatable bonds is 3. The van der Waals surface area contributed by atoms with Crippen LogP contribution in [0.25, 0.3) is 55.0 Å². The minimum Gasteiger partial charge on any atom is -0.535 e. The molecule has 4 heteroatoms. The Hall–Kier alpha value is -4.02. The van der Waals surface area contributed by atoms with Crippen LogP contribution in [0.4, 0.5) is 0 Å². The fourth-order valence-electron chi connectivity index (χ4n) is 5.86. The number of hydrogen-bond donors (Lipinski definition) is 1. The lowest BCUT2D eigenvalue weighted by Gasteiger charge is -2.22. The van der Waals surface area contributed by atoms with Crippen molar-refractivity contribution in [1.82, 2.24) is 0 Å². The normalized spacial score (nSPS) is 13.8. The fourth-order valence-corrected chi connectivity index (χ4v) is 5.86. The van der Waals surface area contributed by atoms with E-state index >= 15 is 0 Å². The van der Waals surface area contributed by atoms with Gasteiger partial charge in [-0.25, -0.2) is 0 Å². The van der Waals surface area contributed by atoms with Crippen molar-refractivity contribution in [3.05, 3.63) is 102 Å². The molecule has 0 fully saturated rings. The summed E-state index contributed by atoms with van der Waals surface area (Å²) in [5, 5.41) is 13.5. The van der Waals surface area contributed by atoms with E-state index in [9.17, 15) is 5.02 Å². The molecule has 1 aromatic heterocycles. The average molecular weight is 453 g/mol. The van der Waals surface area contributed by atoms with E-state index in [1.165, 1.54) is 22.3 Å². The Morgan fingerprint density at radius 1 is 0.714 bits per heavy atom. The third kappa shape index (κ3) is 2.78. The van der Waals surface area contributed by atoms with E-state index in [1.807, 2.05) is 24.3 Å². The Balaban J connectivity index is 1.51. The molecule has 5 aromatic carbocycles. The van der Waals surface area contributed by atoms with Gasteiger partial charge in [0, 0.05) is 21.8 Å². The standard InChI is InChI=1S/C31H22BO3/c1-31(2)25-13-6-5-10-22(25)23-15-14-19(16-26(23)31)21-11-7-12-24-28-20-9-4-3-8-18(20)17-27(35-32-33)30(28)34-29(21)24/h3-17,33H,1-2H3. The SMILES string of the molecule is CC1(C)c2ccccc2-c2ccc(-c3cccc4c3oc3c(O[B]O)cc5ccccc5c34)cc21. The highest BCUT2D eigenvalue weighted by molar-refractivity contribution is 6.24. The van der Waals surface area contributed by atoms with Gasteiger partial charge in [-0.15, -0.1) is 0 Å². The second-order valence-electron chi connectivity index (χ2n) is 9.74. The van der Waals surface area contributed by atoms with Gasteiger partial charge >= 0.3 is 7.69 Å². The smallest absolute Gasteiger partial charge is 0.535 e. The first-order chi connectivity index (χ1) is 17.1. The molecule has 167 valence electrons. The van der Waals surface area contributed by atoms with E-state index in [-0.39, 0.29) is 5.41 Å². The van der Waals surface area contributed by atoms with E-state index in [4.69, 9.17) is 9.07 Å². The first-order valence-electron chi connectivity index (χ1n) is 11.8. The number of fused-ring (bicyclic) bond motifs is 8. The predicted octanol–water partition coefficient (Wildman–Crippen LogP) is 7.62. The maximum Gasteiger partial charge on any atom is 0.569 e. The summed E-state index contributed by atoms with van der Waals surface area (Å²) in [5.74, 6) is 0.494. The molecule has 0 amide bonds. The molecule has 0 saturated heterocycles.